The first-order valence-electron chi connectivity index (χ1n) is 5.84. The monoisotopic (exact) mass is 242 g/mol. The smallest absolute Gasteiger partial charge is 0.337 e. The van der Waals surface area contributed by atoms with Gasteiger partial charge in [0.15, 0.2) is 0 Å². The summed E-state index contributed by atoms with van der Waals surface area (Å²) in [4.78, 5) is 23.1. The van der Waals surface area contributed by atoms with Crippen LogP contribution in [-0.2, 0) is 19.1 Å². The zero-order valence-corrected chi connectivity index (χ0v) is 10.2. The van der Waals surface area contributed by atoms with Gasteiger partial charge >= 0.3 is 11.9 Å². The van der Waals surface area contributed by atoms with Crippen LogP contribution in [0, 0.1) is 5.92 Å². The molecule has 1 atom stereocenters. The molecule has 1 rings (SSSR count). The van der Waals surface area contributed by atoms with Gasteiger partial charge in [-0.3, -0.25) is 4.79 Å². The Kier molecular flexibility index (Phi) is 5.00. The number of hydrogen-bond donors (Lipinski definition) is 1. The molecule has 0 saturated heterocycles. The van der Waals surface area contributed by atoms with Gasteiger partial charge in [0.05, 0.1) is 24.7 Å². The van der Waals surface area contributed by atoms with Crippen molar-refractivity contribution in [3.63, 3.8) is 0 Å². The van der Waals surface area contributed by atoms with E-state index in [1.807, 2.05) is 0 Å². The third-order valence-corrected chi connectivity index (χ3v) is 2.67. The molecule has 5 nitrogen and oxygen atoms in total. The summed E-state index contributed by atoms with van der Waals surface area (Å²) in [5.74, 6) is -1.19. The highest BCUT2D eigenvalue weighted by Crippen LogP contribution is 2.29. The highest BCUT2D eigenvalue weighted by Gasteiger charge is 2.31. The van der Waals surface area contributed by atoms with Crippen molar-refractivity contribution in [1.29, 1.82) is 0 Å². The van der Waals surface area contributed by atoms with Crippen LogP contribution in [0.5, 0.6) is 0 Å². The van der Waals surface area contributed by atoms with E-state index in [-0.39, 0.29) is 36.2 Å². The standard InChI is InChI=1S/C12H18O5/c1-3-16-11(14)8-5-6-10(13)9(7-8)12(15)17-4-2/h8,13H,3-7H2,1-2H3. The number of aliphatic hydroxyl groups excluding tert-OH is 1. The van der Waals surface area contributed by atoms with Gasteiger partial charge in [-0.05, 0) is 26.7 Å². The van der Waals surface area contributed by atoms with E-state index < -0.39 is 5.97 Å². The van der Waals surface area contributed by atoms with Crippen molar-refractivity contribution in [3.05, 3.63) is 11.3 Å². The highest BCUT2D eigenvalue weighted by atomic mass is 16.5. The van der Waals surface area contributed by atoms with Crippen LogP contribution in [0.1, 0.15) is 33.1 Å². The van der Waals surface area contributed by atoms with E-state index in [4.69, 9.17) is 9.47 Å². The molecular weight excluding hydrogens is 224 g/mol. The maximum atomic E-state index is 11.6. The molecule has 5 heteroatoms. The normalized spacial score (nSPS) is 20.0. The molecule has 17 heavy (non-hydrogen) atoms. The fraction of sp³-hybridized carbons (Fsp3) is 0.667. The summed E-state index contributed by atoms with van der Waals surface area (Å²) < 4.78 is 9.74. The van der Waals surface area contributed by atoms with Crippen LogP contribution in [-0.4, -0.2) is 30.3 Å². The fourth-order valence-electron chi connectivity index (χ4n) is 1.81. The van der Waals surface area contributed by atoms with Crippen LogP contribution in [0.15, 0.2) is 11.3 Å². The van der Waals surface area contributed by atoms with Crippen molar-refractivity contribution in [2.24, 2.45) is 5.92 Å². The minimum Gasteiger partial charge on any atom is -0.512 e. The Balaban J connectivity index is 2.70. The molecule has 0 spiro atoms. The minimum absolute atomic E-state index is 0.0315. The molecule has 1 aliphatic rings. The Labute approximate surface area is 100 Å². The second-order valence-corrected chi connectivity index (χ2v) is 3.84. The molecule has 0 saturated carbocycles. The molecule has 0 radical (unpaired) electrons. The Bertz CT molecular complexity index is 332. The van der Waals surface area contributed by atoms with Gasteiger partial charge in [-0.2, -0.15) is 0 Å². The number of carbonyl (C=O) groups is 2. The molecule has 0 aromatic heterocycles. The van der Waals surface area contributed by atoms with E-state index in [2.05, 4.69) is 0 Å². The van der Waals surface area contributed by atoms with Gasteiger partial charge in [0.2, 0.25) is 0 Å². The Morgan fingerprint density at radius 2 is 1.94 bits per heavy atom. The Hall–Kier alpha value is -1.52. The molecule has 1 aliphatic carbocycles. The largest absolute Gasteiger partial charge is 0.512 e. The number of rotatable bonds is 4. The number of allylic oxidation sites excluding steroid dienone is 1. The number of carbonyl (C=O) groups excluding carboxylic acids is 2. The predicted octanol–water partition coefficient (Wildman–Crippen LogP) is 1.72. The van der Waals surface area contributed by atoms with Gasteiger partial charge in [-0.15, -0.1) is 0 Å². The van der Waals surface area contributed by atoms with Crippen molar-refractivity contribution in [3.8, 4) is 0 Å². The quantitative estimate of drug-likeness (QED) is 0.760. The van der Waals surface area contributed by atoms with Crippen molar-refractivity contribution < 1.29 is 24.2 Å². The number of esters is 2. The lowest BCUT2D eigenvalue weighted by atomic mass is 9.87. The summed E-state index contributed by atoms with van der Waals surface area (Å²) in [7, 11) is 0. The van der Waals surface area contributed by atoms with Gasteiger partial charge in [-0.25, -0.2) is 4.79 Å². The van der Waals surface area contributed by atoms with Crippen molar-refractivity contribution >= 4 is 11.9 Å². The first-order chi connectivity index (χ1) is 8.10. The molecule has 0 aromatic rings. The highest BCUT2D eigenvalue weighted by molar-refractivity contribution is 5.90. The summed E-state index contributed by atoms with van der Waals surface area (Å²) in [5, 5.41) is 9.62. The van der Waals surface area contributed by atoms with E-state index in [1.54, 1.807) is 13.8 Å². The van der Waals surface area contributed by atoms with Gasteiger partial charge in [-0.1, -0.05) is 0 Å². The summed E-state index contributed by atoms with van der Waals surface area (Å²) in [5.41, 5.74) is 0.205. The molecular formula is C12H18O5. The third kappa shape index (κ3) is 3.47. The molecule has 1 N–H and O–H groups in total. The topological polar surface area (TPSA) is 72.8 Å². The molecule has 1 unspecified atom stereocenters. The summed E-state index contributed by atoms with van der Waals surface area (Å²) in [6.45, 7) is 4.00. The molecule has 0 amide bonds. The van der Waals surface area contributed by atoms with Crippen molar-refractivity contribution in [2.45, 2.75) is 33.1 Å². The maximum absolute atomic E-state index is 11.6. The lowest BCUT2D eigenvalue weighted by Crippen LogP contribution is -2.25. The zero-order chi connectivity index (χ0) is 12.8. The van der Waals surface area contributed by atoms with Crippen LogP contribution in [0.25, 0.3) is 0 Å². The Morgan fingerprint density at radius 3 is 2.53 bits per heavy atom. The predicted molar refractivity (Wildman–Crippen MR) is 60.3 cm³/mol. The van der Waals surface area contributed by atoms with Crippen molar-refractivity contribution in [1.82, 2.24) is 0 Å². The second-order valence-electron chi connectivity index (χ2n) is 3.84. The lowest BCUT2D eigenvalue weighted by molar-refractivity contribution is -0.148. The van der Waals surface area contributed by atoms with Gasteiger partial charge in [0, 0.05) is 6.42 Å². The minimum atomic E-state index is -0.543. The van der Waals surface area contributed by atoms with Crippen molar-refractivity contribution in [2.75, 3.05) is 13.2 Å². The summed E-state index contributed by atoms with van der Waals surface area (Å²) in [6.07, 6.45) is 1.02. The van der Waals surface area contributed by atoms with Gasteiger partial charge in [0.1, 0.15) is 5.76 Å². The maximum Gasteiger partial charge on any atom is 0.337 e. The summed E-state index contributed by atoms with van der Waals surface area (Å²) >= 11 is 0. The fourth-order valence-corrected chi connectivity index (χ4v) is 1.81. The number of ether oxygens (including phenoxy) is 2. The molecule has 0 fully saturated rings. The van der Waals surface area contributed by atoms with Crippen LogP contribution < -0.4 is 0 Å². The van der Waals surface area contributed by atoms with Crippen LogP contribution in [0.3, 0.4) is 0 Å². The number of hydrogen-bond acceptors (Lipinski definition) is 5. The van der Waals surface area contributed by atoms with Crippen LogP contribution >= 0.6 is 0 Å². The summed E-state index contributed by atoms with van der Waals surface area (Å²) in [6, 6.07) is 0. The number of aliphatic hydroxyl groups is 1. The average Bonchev–Trinajstić information content (AvgIpc) is 2.30. The van der Waals surface area contributed by atoms with E-state index in [0.717, 1.165) is 0 Å². The van der Waals surface area contributed by atoms with Crippen LogP contribution in [0.2, 0.25) is 0 Å². The molecule has 0 aliphatic heterocycles. The Morgan fingerprint density at radius 1 is 1.29 bits per heavy atom. The van der Waals surface area contributed by atoms with Gasteiger partial charge < -0.3 is 14.6 Å². The molecule has 0 aromatic carbocycles. The van der Waals surface area contributed by atoms with Gasteiger partial charge in [0.25, 0.3) is 0 Å². The van der Waals surface area contributed by atoms with E-state index in [1.165, 1.54) is 0 Å². The first-order valence-corrected chi connectivity index (χ1v) is 5.84. The average molecular weight is 242 g/mol. The molecule has 0 bridgehead atoms. The lowest BCUT2D eigenvalue weighted by Gasteiger charge is -2.22. The first kappa shape index (κ1) is 13.5. The zero-order valence-electron chi connectivity index (χ0n) is 10.2. The molecule has 96 valence electrons. The second kappa shape index (κ2) is 6.27. The van der Waals surface area contributed by atoms with E-state index in [9.17, 15) is 14.7 Å². The third-order valence-electron chi connectivity index (χ3n) is 2.67. The van der Waals surface area contributed by atoms with Crippen LogP contribution in [0.4, 0.5) is 0 Å². The van der Waals surface area contributed by atoms with E-state index in [0.29, 0.717) is 19.4 Å². The SMILES string of the molecule is CCOC(=O)C1=C(O)CCC(C(=O)OCC)C1. The molecule has 0 heterocycles. The van der Waals surface area contributed by atoms with E-state index >= 15 is 0 Å².